The number of nitriles is 1. The molecule has 8 nitrogen and oxygen atoms in total. The molecule has 0 unspecified atom stereocenters. The molecule has 2 aromatic heterocycles. The first kappa shape index (κ1) is 18.8. The van der Waals surface area contributed by atoms with Crippen molar-refractivity contribution < 1.29 is 9.13 Å². The Kier molecular flexibility index (Phi) is 5.22. The number of halogens is 1. The maximum atomic E-state index is 14.3. The zero-order chi connectivity index (χ0) is 20.3. The van der Waals surface area contributed by atoms with Gasteiger partial charge >= 0.3 is 5.69 Å². The van der Waals surface area contributed by atoms with Crippen LogP contribution in [0.25, 0.3) is 0 Å². The molecule has 0 atom stereocenters. The maximum Gasteiger partial charge on any atom is 0.332 e. The van der Waals surface area contributed by atoms with Gasteiger partial charge in [-0.3, -0.25) is 18.9 Å². The SMILES string of the molecule is Cn1c(NCc2ccc(Oc3cccnc3)c(F)c2)c(C#N)c(=O)n(C)c1=O. The third kappa shape index (κ3) is 3.61. The zero-order valence-electron chi connectivity index (χ0n) is 15.1. The van der Waals surface area contributed by atoms with Gasteiger partial charge in [-0.15, -0.1) is 0 Å². The summed E-state index contributed by atoms with van der Waals surface area (Å²) < 4.78 is 21.8. The van der Waals surface area contributed by atoms with E-state index in [0.29, 0.717) is 11.3 Å². The number of aromatic nitrogens is 3. The van der Waals surface area contributed by atoms with Crippen LogP contribution in [-0.2, 0) is 20.6 Å². The molecule has 2 heterocycles. The zero-order valence-corrected chi connectivity index (χ0v) is 15.1. The third-order valence-electron chi connectivity index (χ3n) is 4.09. The van der Waals surface area contributed by atoms with Gasteiger partial charge in [0.25, 0.3) is 5.56 Å². The van der Waals surface area contributed by atoms with Gasteiger partial charge in [-0.2, -0.15) is 5.26 Å². The van der Waals surface area contributed by atoms with E-state index in [2.05, 4.69) is 10.3 Å². The summed E-state index contributed by atoms with van der Waals surface area (Å²) in [4.78, 5) is 28.0. The van der Waals surface area contributed by atoms with Crippen LogP contribution in [0.3, 0.4) is 0 Å². The van der Waals surface area contributed by atoms with Crippen molar-refractivity contribution in [3.8, 4) is 17.6 Å². The molecule has 3 rings (SSSR count). The van der Waals surface area contributed by atoms with Crippen molar-refractivity contribution in [3.05, 3.63) is 80.5 Å². The average Bonchev–Trinajstić information content (AvgIpc) is 2.70. The van der Waals surface area contributed by atoms with Gasteiger partial charge in [0.2, 0.25) is 0 Å². The van der Waals surface area contributed by atoms with Crippen molar-refractivity contribution in [1.29, 1.82) is 5.26 Å². The van der Waals surface area contributed by atoms with E-state index in [1.807, 2.05) is 0 Å². The highest BCUT2D eigenvalue weighted by molar-refractivity contribution is 5.51. The number of hydrogen-bond acceptors (Lipinski definition) is 6. The highest BCUT2D eigenvalue weighted by Gasteiger charge is 2.15. The van der Waals surface area contributed by atoms with Crippen LogP contribution < -0.4 is 21.3 Å². The smallest absolute Gasteiger partial charge is 0.332 e. The number of pyridine rings is 1. The van der Waals surface area contributed by atoms with Crippen LogP contribution in [0.4, 0.5) is 10.2 Å². The van der Waals surface area contributed by atoms with Gasteiger partial charge in [0, 0.05) is 26.8 Å². The quantitative estimate of drug-likeness (QED) is 0.724. The fourth-order valence-electron chi connectivity index (χ4n) is 2.61. The van der Waals surface area contributed by atoms with Crippen LogP contribution in [0.5, 0.6) is 11.5 Å². The summed E-state index contributed by atoms with van der Waals surface area (Å²) in [5, 5.41) is 12.1. The van der Waals surface area contributed by atoms with Crippen LogP contribution in [-0.4, -0.2) is 14.1 Å². The third-order valence-corrected chi connectivity index (χ3v) is 4.09. The predicted molar refractivity (Wildman–Crippen MR) is 99.7 cm³/mol. The molecule has 0 bridgehead atoms. The van der Waals surface area contributed by atoms with Crippen molar-refractivity contribution in [2.24, 2.45) is 14.1 Å². The lowest BCUT2D eigenvalue weighted by Crippen LogP contribution is -2.39. The molecule has 9 heteroatoms. The molecule has 0 radical (unpaired) electrons. The second-order valence-corrected chi connectivity index (χ2v) is 5.95. The highest BCUT2D eigenvalue weighted by atomic mass is 19.1. The lowest BCUT2D eigenvalue weighted by molar-refractivity contribution is 0.440. The summed E-state index contributed by atoms with van der Waals surface area (Å²) in [6.07, 6.45) is 3.05. The van der Waals surface area contributed by atoms with Crippen molar-refractivity contribution in [1.82, 2.24) is 14.1 Å². The summed E-state index contributed by atoms with van der Waals surface area (Å²) in [6.45, 7) is 0.0964. The topological polar surface area (TPSA) is 102 Å². The van der Waals surface area contributed by atoms with Gasteiger partial charge < -0.3 is 10.1 Å². The Morgan fingerprint density at radius 1 is 1.25 bits per heavy atom. The highest BCUT2D eigenvalue weighted by Crippen LogP contribution is 2.24. The Morgan fingerprint density at radius 3 is 2.68 bits per heavy atom. The summed E-state index contributed by atoms with van der Waals surface area (Å²) >= 11 is 0. The minimum Gasteiger partial charge on any atom is -0.453 e. The first-order chi connectivity index (χ1) is 13.4. The van der Waals surface area contributed by atoms with Crippen LogP contribution in [0.2, 0.25) is 0 Å². The number of nitrogens with one attached hydrogen (secondary N) is 1. The molecular formula is C19H16FN5O3. The molecule has 142 valence electrons. The first-order valence-corrected chi connectivity index (χ1v) is 8.22. The molecular weight excluding hydrogens is 365 g/mol. The molecule has 1 N–H and O–H groups in total. The van der Waals surface area contributed by atoms with Gasteiger partial charge in [-0.25, -0.2) is 9.18 Å². The van der Waals surface area contributed by atoms with E-state index < -0.39 is 17.1 Å². The molecule has 0 saturated heterocycles. The van der Waals surface area contributed by atoms with Crippen molar-refractivity contribution in [2.75, 3.05) is 5.32 Å². The standard InChI is InChI=1S/C19H16FN5O3/c1-24-17(14(9-21)18(26)25(2)19(24)27)23-10-12-5-6-16(15(20)8-12)28-13-4-3-7-22-11-13/h3-8,11,23H,10H2,1-2H3. The molecule has 0 aliphatic carbocycles. The van der Waals surface area contributed by atoms with Crippen LogP contribution in [0.1, 0.15) is 11.1 Å². The second-order valence-electron chi connectivity index (χ2n) is 5.95. The molecule has 3 aromatic rings. The molecule has 0 fully saturated rings. The molecule has 0 amide bonds. The Bertz CT molecular complexity index is 1180. The average molecular weight is 381 g/mol. The Labute approximate surface area is 159 Å². The van der Waals surface area contributed by atoms with Crippen molar-refractivity contribution in [2.45, 2.75) is 6.54 Å². The normalized spacial score (nSPS) is 10.4. The fraction of sp³-hybridized carbons (Fsp3) is 0.158. The van der Waals surface area contributed by atoms with Crippen molar-refractivity contribution >= 4 is 5.82 Å². The molecule has 0 saturated carbocycles. The summed E-state index contributed by atoms with van der Waals surface area (Å²) in [6, 6.07) is 9.49. The molecule has 0 aliphatic heterocycles. The largest absolute Gasteiger partial charge is 0.453 e. The summed E-state index contributed by atoms with van der Waals surface area (Å²) in [5.74, 6) is -0.0651. The van der Waals surface area contributed by atoms with E-state index in [1.165, 1.54) is 32.4 Å². The number of anilines is 1. The monoisotopic (exact) mass is 381 g/mol. The molecule has 28 heavy (non-hydrogen) atoms. The van der Waals surface area contributed by atoms with E-state index in [9.17, 15) is 19.2 Å². The number of nitrogens with zero attached hydrogens (tertiary/aromatic N) is 4. The lowest BCUT2D eigenvalue weighted by atomic mass is 10.2. The Hall–Kier alpha value is -3.93. The molecule has 1 aromatic carbocycles. The van der Waals surface area contributed by atoms with Gasteiger partial charge in [-0.1, -0.05) is 6.07 Å². The van der Waals surface area contributed by atoms with Crippen molar-refractivity contribution in [3.63, 3.8) is 0 Å². The number of ether oxygens (including phenoxy) is 1. The van der Waals surface area contributed by atoms with E-state index in [-0.39, 0.29) is 23.7 Å². The van der Waals surface area contributed by atoms with E-state index >= 15 is 0 Å². The van der Waals surface area contributed by atoms with Gasteiger partial charge in [-0.05, 0) is 29.8 Å². The number of rotatable bonds is 5. The number of hydrogen-bond donors (Lipinski definition) is 1. The Morgan fingerprint density at radius 2 is 2.04 bits per heavy atom. The Balaban J connectivity index is 1.83. The van der Waals surface area contributed by atoms with Crippen LogP contribution in [0, 0.1) is 17.1 Å². The van der Waals surface area contributed by atoms with Crippen LogP contribution in [0.15, 0.2) is 52.3 Å². The predicted octanol–water partition coefficient (Wildman–Crippen LogP) is 1.89. The minimum absolute atomic E-state index is 0.0374. The second kappa shape index (κ2) is 7.75. The van der Waals surface area contributed by atoms with E-state index in [4.69, 9.17) is 4.74 Å². The van der Waals surface area contributed by atoms with E-state index in [1.54, 1.807) is 30.5 Å². The fourth-order valence-corrected chi connectivity index (χ4v) is 2.61. The molecule has 0 aliphatic rings. The minimum atomic E-state index is -0.695. The maximum absolute atomic E-state index is 14.3. The van der Waals surface area contributed by atoms with E-state index in [0.717, 1.165) is 9.13 Å². The summed E-state index contributed by atoms with van der Waals surface area (Å²) in [5.41, 5.74) is -0.924. The van der Waals surface area contributed by atoms with Gasteiger partial charge in [0.15, 0.2) is 17.1 Å². The lowest BCUT2D eigenvalue weighted by Gasteiger charge is -2.14. The van der Waals surface area contributed by atoms with Gasteiger partial charge in [0.1, 0.15) is 17.6 Å². The number of benzene rings is 1. The van der Waals surface area contributed by atoms with Gasteiger partial charge in [0.05, 0.1) is 6.20 Å². The first-order valence-electron chi connectivity index (χ1n) is 8.22. The summed E-state index contributed by atoms with van der Waals surface area (Å²) in [7, 11) is 2.74. The molecule has 0 spiro atoms. The van der Waals surface area contributed by atoms with Crippen LogP contribution >= 0.6 is 0 Å².